The maximum Gasteiger partial charge on any atom is 0.117 e. The Bertz CT molecular complexity index is 438. The predicted molar refractivity (Wildman–Crippen MR) is 78.4 cm³/mol. The van der Waals surface area contributed by atoms with E-state index in [1.165, 1.54) is 12.8 Å². The zero-order valence-electron chi connectivity index (χ0n) is 11.1. The van der Waals surface area contributed by atoms with Gasteiger partial charge in [-0.1, -0.05) is 51.0 Å². The van der Waals surface area contributed by atoms with Crippen LogP contribution in [-0.4, -0.2) is 5.11 Å². The average Bonchev–Trinajstić information content (AvgIpc) is 2.40. The fourth-order valence-electron chi connectivity index (χ4n) is 1.27. The first kappa shape index (κ1) is 14.1. The monoisotopic (exact) mass is 243 g/mol. The molecule has 2 heteroatoms. The van der Waals surface area contributed by atoms with Gasteiger partial charge in [0.15, 0.2) is 0 Å². The molecule has 2 aromatic carbocycles. The molecule has 0 amide bonds. The molecule has 2 nitrogen and oxygen atoms in total. The molecule has 0 unspecified atom stereocenters. The molecule has 0 saturated heterocycles. The normalized spacial score (nSPS) is 9.22. The highest BCUT2D eigenvalue weighted by molar-refractivity contribution is 5.60. The zero-order valence-corrected chi connectivity index (χ0v) is 11.1. The Kier molecular flexibility index (Phi) is 6.41. The predicted octanol–water partition coefficient (Wildman–Crippen LogP) is 4.94. The number of benzene rings is 2. The van der Waals surface area contributed by atoms with Crippen molar-refractivity contribution in [2.75, 3.05) is 5.32 Å². The van der Waals surface area contributed by atoms with Crippen LogP contribution < -0.4 is 5.32 Å². The molecule has 96 valence electrons. The summed E-state index contributed by atoms with van der Waals surface area (Å²) in [6, 6.07) is 16.9. The Morgan fingerprint density at radius 3 is 2.00 bits per heavy atom. The molecular formula is C16H21NO. The molecule has 0 aliphatic rings. The van der Waals surface area contributed by atoms with Gasteiger partial charge in [0.05, 0.1) is 0 Å². The summed E-state index contributed by atoms with van der Waals surface area (Å²) >= 11 is 0. The highest BCUT2D eigenvalue weighted by Crippen LogP contribution is 2.19. The highest BCUT2D eigenvalue weighted by atomic mass is 16.3. The van der Waals surface area contributed by atoms with Gasteiger partial charge >= 0.3 is 0 Å². The summed E-state index contributed by atoms with van der Waals surface area (Å²) in [6.07, 6.45) is 2.64. The van der Waals surface area contributed by atoms with Crippen LogP contribution in [0.3, 0.4) is 0 Å². The van der Waals surface area contributed by atoms with Crippen LogP contribution in [0, 0.1) is 0 Å². The van der Waals surface area contributed by atoms with Gasteiger partial charge in [-0.3, -0.25) is 0 Å². The number of phenolic OH excluding ortho intramolecular Hbond substituents is 1. The number of para-hydroxylation sites is 1. The fraction of sp³-hybridized carbons (Fsp3) is 0.250. The number of rotatable bonds is 3. The third-order valence-corrected chi connectivity index (χ3v) is 2.41. The molecule has 0 aromatic heterocycles. The van der Waals surface area contributed by atoms with Crippen LogP contribution >= 0.6 is 0 Å². The lowest BCUT2D eigenvalue weighted by Crippen LogP contribution is -1.88. The summed E-state index contributed by atoms with van der Waals surface area (Å²) in [5, 5.41) is 12.4. The lowest BCUT2D eigenvalue weighted by atomic mass is 10.2. The number of nitrogens with one attached hydrogen (secondary N) is 1. The van der Waals surface area contributed by atoms with Gasteiger partial charge in [0, 0.05) is 17.4 Å². The van der Waals surface area contributed by atoms with E-state index in [-0.39, 0.29) is 5.75 Å². The smallest absolute Gasteiger partial charge is 0.117 e. The van der Waals surface area contributed by atoms with E-state index in [1.807, 2.05) is 36.4 Å². The zero-order chi connectivity index (χ0) is 13.2. The summed E-state index contributed by atoms with van der Waals surface area (Å²) in [7, 11) is 0. The Morgan fingerprint density at radius 2 is 1.44 bits per heavy atom. The van der Waals surface area contributed by atoms with Crippen molar-refractivity contribution in [3.05, 3.63) is 54.6 Å². The molecule has 0 spiro atoms. The van der Waals surface area contributed by atoms with Gasteiger partial charge in [0.1, 0.15) is 5.75 Å². The molecule has 0 atom stereocenters. The van der Waals surface area contributed by atoms with Crippen LogP contribution in [0.5, 0.6) is 5.75 Å². The van der Waals surface area contributed by atoms with E-state index in [0.29, 0.717) is 0 Å². The molecule has 0 radical (unpaired) electrons. The van der Waals surface area contributed by atoms with Crippen molar-refractivity contribution in [2.45, 2.75) is 26.7 Å². The lowest BCUT2D eigenvalue weighted by molar-refractivity contribution is 0.475. The molecular weight excluding hydrogens is 222 g/mol. The summed E-state index contributed by atoms with van der Waals surface area (Å²) in [6.45, 7) is 4.36. The largest absolute Gasteiger partial charge is 0.508 e. The van der Waals surface area contributed by atoms with Crippen molar-refractivity contribution in [1.29, 1.82) is 0 Å². The van der Waals surface area contributed by atoms with Crippen LogP contribution in [0.25, 0.3) is 0 Å². The minimum Gasteiger partial charge on any atom is -0.508 e. The lowest BCUT2D eigenvalue weighted by Gasteiger charge is -2.05. The second-order valence-electron chi connectivity index (χ2n) is 4.04. The summed E-state index contributed by atoms with van der Waals surface area (Å²) in [4.78, 5) is 0. The number of hydrogen-bond acceptors (Lipinski definition) is 2. The van der Waals surface area contributed by atoms with Crippen molar-refractivity contribution < 1.29 is 5.11 Å². The van der Waals surface area contributed by atoms with Crippen molar-refractivity contribution in [3.8, 4) is 5.75 Å². The standard InChI is InChI=1S/C12H11NO.C4H10/c14-12-8-4-7-11(9-12)13-10-5-2-1-3-6-10;1-3-4-2/h1-9,13-14H;3-4H2,1-2H3. The maximum atomic E-state index is 9.25. The summed E-state index contributed by atoms with van der Waals surface area (Å²) in [5.41, 5.74) is 1.90. The Morgan fingerprint density at radius 1 is 0.833 bits per heavy atom. The van der Waals surface area contributed by atoms with Crippen LogP contribution in [0.15, 0.2) is 54.6 Å². The molecule has 0 fully saturated rings. The molecule has 2 rings (SSSR count). The molecule has 0 saturated carbocycles. The van der Waals surface area contributed by atoms with E-state index in [4.69, 9.17) is 0 Å². The second kappa shape index (κ2) is 8.18. The quantitative estimate of drug-likeness (QED) is 0.800. The first-order valence-electron chi connectivity index (χ1n) is 6.37. The van der Waals surface area contributed by atoms with Crippen LogP contribution in [0.4, 0.5) is 11.4 Å². The minimum atomic E-state index is 0.269. The summed E-state index contributed by atoms with van der Waals surface area (Å²) in [5.74, 6) is 0.269. The molecule has 0 heterocycles. The minimum absolute atomic E-state index is 0.269. The number of aromatic hydroxyl groups is 1. The maximum absolute atomic E-state index is 9.25. The fourth-order valence-corrected chi connectivity index (χ4v) is 1.27. The molecule has 0 aliphatic heterocycles. The SMILES string of the molecule is CCCC.Oc1cccc(Nc2ccccc2)c1. The van der Waals surface area contributed by atoms with Gasteiger partial charge in [-0.25, -0.2) is 0 Å². The van der Waals surface area contributed by atoms with Gasteiger partial charge in [0.2, 0.25) is 0 Å². The molecule has 0 bridgehead atoms. The Labute approximate surface area is 109 Å². The summed E-state index contributed by atoms with van der Waals surface area (Å²) < 4.78 is 0. The third kappa shape index (κ3) is 5.39. The first-order valence-corrected chi connectivity index (χ1v) is 6.37. The van der Waals surface area contributed by atoms with Crippen molar-refractivity contribution in [2.24, 2.45) is 0 Å². The van der Waals surface area contributed by atoms with Crippen LogP contribution in [0.2, 0.25) is 0 Å². The van der Waals surface area contributed by atoms with Gasteiger partial charge in [-0.15, -0.1) is 0 Å². The van der Waals surface area contributed by atoms with E-state index in [2.05, 4.69) is 19.2 Å². The second-order valence-corrected chi connectivity index (χ2v) is 4.04. The van der Waals surface area contributed by atoms with Crippen molar-refractivity contribution in [3.63, 3.8) is 0 Å². The van der Waals surface area contributed by atoms with E-state index in [0.717, 1.165) is 11.4 Å². The average molecular weight is 243 g/mol. The highest BCUT2D eigenvalue weighted by Gasteiger charge is 1.93. The van der Waals surface area contributed by atoms with Gasteiger partial charge in [0.25, 0.3) is 0 Å². The molecule has 2 aromatic rings. The Balaban J connectivity index is 0.000000357. The van der Waals surface area contributed by atoms with Crippen LogP contribution in [-0.2, 0) is 0 Å². The van der Waals surface area contributed by atoms with Crippen LogP contribution in [0.1, 0.15) is 26.7 Å². The van der Waals surface area contributed by atoms with E-state index in [9.17, 15) is 5.11 Å². The molecule has 2 N–H and O–H groups in total. The Hall–Kier alpha value is -1.96. The van der Waals surface area contributed by atoms with E-state index < -0.39 is 0 Å². The van der Waals surface area contributed by atoms with E-state index in [1.54, 1.807) is 18.2 Å². The number of anilines is 2. The third-order valence-electron chi connectivity index (χ3n) is 2.41. The van der Waals surface area contributed by atoms with Gasteiger partial charge in [-0.2, -0.15) is 0 Å². The van der Waals surface area contributed by atoms with Crippen molar-refractivity contribution >= 4 is 11.4 Å². The number of phenols is 1. The topological polar surface area (TPSA) is 32.3 Å². The molecule has 0 aliphatic carbocycles. The van der Waals surface area contributed by atoms with E-state index >= 15 is 0 Å². The first-order chi connectivity index (χ1) is 8.76. The van der Waals surface area contributed by atoms with Crippen molar-refractivity contribution in [1.82, 2.24) is 0 Å². The van der Waals surface area contributed by atoms with Gasteiger partial charge in [-0.05, 0) is 24.3 Å². The van der Waals surface area contributed by atoms with Gasteiger partial charge < -0.3 is 10.4 Å². The number of hydrogen-bond donors (Lipinski definition) is 2. The number of unbranched alkanes of at least 4 members (excludes halogenated alkanes) is 1. The molecule has 18 heavy (non-hydrogen) atoms.